The highest BCUT2D eigenvalue weighted by Crippen LogP contribution is 2.53. The van der Waals surface area contributed by atoms with E-state index >= 15 is 4.39 Å². The van der Waals surface area contributed by atoms with Crippen LogP contribution in [0.15, 0.2) is 23.4 Å². The first-order valence-corrected chi connectivity index (χ1v) is 20.3. The van der Waals surface area contributed by atoms with Crippen molar-refractivity contribution in [2.75, 3.05) is 31.7 Å². The number of aromatic amines is 1. The summed E-state index contributed by atoms with van der Waals surface area (Å²) in [5, 5.41) is 2.51. The van der Waals surface area contributed by atoms with Crippen LogP contribution in [-0.4, -0.2) is 89.6 Å². The fourth-order valence-electron chi connectivity index (χ4n) is 5.09. The summed E-state index contributed by atoms with van der Waals surface area (Å²) in [4.78, 5) is 62.8. The van der Waals surface area contributed by atoms with E-state index in [0.29, 0.717) is 11.2 Å². The van der Waals surface area contributed by atoms with Gasteiger partial charge in [-0.2, -0.15) is 4.98 Å². The quantitative estimate of drug-likeness (QED) is 0.146. The third-order valence-electron chi connectivity index (χ3n) is 7.54. The Labute approximate surface area is 298 Å². The first kappa shape index (κ1) is 37.1. The predicted octanol–water partition coefficient (Wildman–Crippen LogP) is 3.27. The van der Waals surface area contributed by atoms with Crippen molar-refractivity contribution in [3.63, 3.8) is 0 Å². The molecule has 51 heavy (non-hydrogen) atoms. The molecule has 2 bridgehead atoms. The number of nitrogens with one attached hydrogen (secondary N) is 2. The van der Waals surface area contributed by atoms with E-state index in [2.05, 4.69) is 39.9 Å². The van der Waals surface area contributed by atoms with Crippen molar-refractivity contribution >= 4 is 76.9 Å². The molecule has 6 heterocycles. The van der Waals surface area contributed by atoms with Gasteiger partial charge in [0.1, 0.15) is 31.2 Å². The Morgan fingerprint density at radius 1 is 1.25 bits per heavy atom. The number of amides is 1. The predicted molar refractivity (Wildman–Crippen MR) is 184 cm³/mol. The van der Waals surface area contributed by atoms with E-state index in [1.165, 1.54) is 16.8 Å². The molecule has 6 atom stereocenters. The Morgan fingerprint density at radius 2 is 2.06 bits per heavy atom. The highest BCUT2D eigenvalue weighted by Gasteiger charge is 2.50. The summed E-state index contributed by atoms with van der Waals surface area (Å²) in [6.07, 6.45) is -4.10. The Hall–Kier alpha value is -3.63. The van der Waals surface area contributed by atoms with E-state index in [1.54, 1.807) is 18.4 Å². The molecule has 19 nitrogen and oxygen atoms in total. The van der Waals surface area contributed by atoms with E-state index in [0.717, 1.165) is 6.33 Å². The van der Waals surface area contributed by atoms with Crippen LogP contribution in [0.3, 0.4) is 0 Å². The van der Waals surface area contributed by atoms with Crippen molar-refractivity contribution < 1.29 is 41.4 Å². The number of nitrogens with zero attached hydrogens (tertiary/aromatic N) is 8. The largest absolute Gasteiger partial charge is 0.346 e. The van der Waals surface area contributed by atoms with Crippen LogP contribution in [0.2, 0.25) is 0 Å². The van der Waals surface area contributed by atoms with Crippen LogP contribution in [0.5, 0.6) is 0 Å². The molecule has 2 aliphatic heterocycles. The van der Waals surface area contributed by atoms with Crippen molar-refractivity contribution in [1.29, 1.82) is 0 Å². The second kappa shape index (κ2) is 15.2. The van der Waals surface area contributed by atoms with E-state index in [-0.39, 0.29) is 54.9 Å². The van der Waals surface area contributed by atoms with Crippen LogP contribution in [0.25, 0.3) is 32.0 Å². The first-order valence-electron chi connectivity index (χ1n) is 15.1. The van der Waals surface area contributed by atoms with Gasteiger partial charge in [0.2, 0.25) is 24.1 Å². The topological polar surface area (TPSA) is 208 Å². The highest BCUT2D eigenvalue weighted by atomic mass is 32.5. The third-order valence-corrected chi connectivity index (χ3v) is 11.5. The normalized spacial score (nSPS) is 27.4. The van der Waals surface area contributed by atoms with Crippen LogP contribution < -0.4 is 10.9 Å². The second-order valence-electron chi connectivity index (χ2n) is 11.3. The van der Waals surface area contributed by atoms with Crippen molar-refractivity contribution in [3.8, 4) is 0 Å². The zero-order valence-electron chi connectivity index (χ0n) is 26.7. The lowest BCUT2D eigenvalue weighted by Crippen LogP contribution is -2.32. The Morgan fingerprint density at radius 3 is 2.80 bits per heavy atom. The fraction of sp³-hybridized carbons (Fsp3) is 0.481. The summed E-state index contributed by atoms with van der Waals surface area (Å²) < 4.78 is 54.2. The number of rotatable bonds is 6. The lowest BCUT2D eigenvalue weighted by Gasteiger charge is -2.25. The number of carbonyl (C=O) groups excluding carboxylic acids is 1. The molecule has 2 aliphatic rings. The number of imidazole rings is 2. The van der Waals surface area contributed by atoms with Gasteiger partial charge in [0.05, 0.1) is 31.6 Å². The molecular weight excluding hydrogens is 753 g/mol. The zero-order valence-corrected chi connectivity index (χ0v) is 30.2. The molecule has 1 fully saturated rings. The molecule has 4 aromatic rings. The summed E-state index contributed by atoms with van der Waals surface area (Å²) in [6.45, 7) is 8.63. The smallest absolute Gasteiger partial charge is 0.327 e. The van der Waals surface area contributed by atoms with E-state index in [1.807, 2.05) is 0 Å². The van der Waals surface area contributed by atoms with Gasteiger partial charge in [-0.3, -0.25) is 29.0 Å². The minimum atomic E-state index is -4.29. The first-order chi connectivity index (χ1) is 24.3. The Kier molecular flexibility index (Phi) is 11.0. The van der Waals surface area contributed by atoms with Gasteiger partial charge in [-0.1, -0.05) is 13.8 Å². The maximum atomic E-state index is 16.4. The molecule has 270 valence electrons. The van der Waals surface area contributed by atoms with E-state index in [9.17, 15) is 14.5 Å². The average Bonchev–Trinajstić information content (AvgIpc) is 3.75. The number of alkyl halides is 1. The van der Waals surface area contributed by atoms with Crippen LogP contribution in [0, 0.1) is 19.1 Å². The molecule has 24 heteroatoms. The highest BCUT2D eigenvalue weighted by molar-refractivity contribution is 8.07. The van der Waals surface area contributed by atoms with Crippen LogP contribution in [0.4, 0.5) is 16.0 Å². The maximum Gasteiger partial charge on any atom is 0.327 e. The van der Waals surface area contributed by atoms with Gasteiger partial charge in [0, 0.05) is 18.7 Å². The third kappa shape index (κ3) is 8.07. The van der Waals surface area contributed by atoms with Gasteiger partial charge in [-0.15, -0.1) is 0 Å². The van der Waals surface area contributed by atoms with Crippen LogP contribution >= 0.6 is 13.4 Å². The number of ether oxygens (including phenoxy) is 1. The van der Waals surface area contributed by atoms with Gasteiger partial charge in [-0.05, 0) is 29.7 Å². The molecule has 2 unspecified atom stereocenters. The Bertz CT molecular complexity index is 2220. The monoisotopic (exact) mass is 782 g/mol. The molecule has 0 aromatic carbocycles. The number of pyridine rings is 1. The second-order valence-corrected chi connectivity index (χ2v) is 17.1. The summed E-state index contributed by atoms with van der Waals surface area (Å²) in [5.41, 5.74) is -0.0389. The molecule has 0 radical (unpaired) electrons. The van der Waals surface area contributed by atoms with Crippen molar-refractivity contribution in [1.82, 2.24) is 34.1 Å². The van der Waals surface area contributed by atoms with Crippen molar-refractivity contribution in [3.05, 3.63) is 57.6 Å². The van der Waals surface area contributed by atoms with E-state index in [4.69, 9.17) is 64.1 Å². The number of fused-ring (bicyclic) bond motifs is 6. The molecule has 6 rings (SSSR count). The van der Waals surface area contributed by atoms with Gasteiger partial charge in [0.15, 0.2) is 29.2 Å². The molecular formula is C27H29FN10O9P2S2. The molecule has 1 amide bonds. The SMILES string of the molecule is [C-]#[N+]CCOP1(=S)OCCn2c(nc3cc([N+]#[C-])cnc32)COP(O)(=S)O[C@@H]2[C@H](F)[C@@H](CO1)O[C@H]2n1cnc2c(=O)[nH]c(NC(=O)C(C)C)nc21. The molecule has 0 aliphatic carbocycles. The zero-order chi connectivity index (χ0) is 36.5. The average molecular weight is 783 g/mol. The van der Waals surface area contributed by atoms with Gasteiger partial charge in [-0.25, -0.2) is 30.8 Å². The van der Waals surface area contributed by atoms with Gasteiger partial charge >= 0.3 is 13.4 Å². The number of H-pyrrole nitrogens is 1. The standard InChI is InChI=1S/C27H29FN10O9P2S2/c1-14(2)24(39)35-27-34-23-20(25(40)36-27)32-13-38(23)26-21-19(28)17(46-26)11-45-49(51,42-7-5-29-3)43-8-6-37-18(12-44-48(41,50)47-21)33-16-9-15(30-4)10-31-22(16)37/h9-10,13-14,17,19,21,26H,5-8,11-12H2,1-2H3,(H,41,50)(H2,34,35,36,39,40)/t17-,19-,21-,26-,48?,49?/m1/s1. The number of hydrogen-bond acceptors (Lipinski definition) is 14. The van der Waals surface area contributed by atoms with Gasteiger partial charge in [0.25, 0.3) is 5.56 Å². The Balaban J connectivity index is 1.38. The maximum absolute atomic E-state index is 16.4. The molecule has 4 aromatic heterocycles. The van der Waals surface area contributed by atoms with Crippen LogP contribution in [-0.2, 0) is 68.9 Å². The van der Waals surface area contributed by atoms with Crippen molar-refractivity contribution in [2.45, 2.75) is 51.6 Å². The number of anilines is 1. The minimum absolute atomic E-state index is 0.0454. The van der Waals surface area contributed by atoms with Crippen LogP contribution in [0.1, 0.15) is 25.9 Å². The molecule has 0 spiro atoms. The summed E-state index contributed by atoms with van der Waals surface area (Å²) in [5.74, 6) is -0.851. The number of halogens is 1. The van der Waals surface area contributed by atoms with E-state index < -0.39 is 68.6 Å². The fourth-order valence-corrected chi connectivity index (χ4v) is 8.21. The number of aromatic nitrogens is 7. The summed E-state index contributed by atoms with van der Waals surface area (Å²) in [7, 11) is 0. The molecule has 1 saturated heterocycles. The number of carbonyl (C=O) groups is 1. The lowest BCUT2D eigenvalue weighted by atomic mass is 10.1. The molecule has 3 N–H and O–H groups in total. The summed E-state index contributed by atoms with van der Waals surface area (Å²) >= 11 is 10.9. The minimum Gasteiger partial charge on any atom is -0.346 e. The lowest BCUT2D eigenvalue weighted by molar-refractivity contribution is -0.118. The van der Waals surface area contributed by atoms with Gasteiger partial charge < -0.3 is 37.1 Å². The summed E-state index contributed by atoms with van der Waals surface area (Å²) in [6, 6.07) is 1.52. The number of hydrogen-bond donors (Lipinski definition) is 3. The molecule has 0 saturated carbocycles. The van der Waals surface area contributed by atoms with Crippen molar-refractivity contribution in [2.24, 2.45) is 5.92 Å².